The second-order valence-corrected chi connectivity index (χ2v) is 5.91. The van der Waals surface area contributed by atoms with Crippen LogP contribution in [0.1, 0.15) is 65.2 Å². The highest BCUT2D eigenvalue weighted by Gasteiger charge is 2.11. The lowest BCUT2D eigenvalue weighted by molar-refractivity contribution is -0.143. The van der Waals surface area contributed by atoms with Gasteiger partial charge in [-0.15, -0.1) is 0 Å². The van der Waals surface area contributed by atoms with Crippen molar-refractivity contribution >= 4 is 11.7 Å². The van der Waals surface area contributed by atoms with E-state index < -0.39 is 0 Å². The summed E-state index contributed by atoms with van der Waals surface area (Å²) in [5, 5.41) is 3.98. The molecule has 0 bridgehead atoms. The van der Waals surface area contributed by atoms with Gasteiger partial charge in [0.15, 0.2) is 0 Å². The Balaban J connectivity index is 2.19. The van der Waals surface area contributed by atoms with Gasteiger partial charge in [0, 0.05) is 19.5 Å². The lowest BCUT2D eigenvalue weighted by Crippen LogP contribution is -2.28. The van der Waals surface area contributed by atoms with Crippen molar-refractivity contribution in [1.29, 1.82) is 0 Å². The predicted molar refractivity (Wildman–Crippen MR) is 87.4 cm³/mol. The fourth-order valence-electron chi connectivity index (χ4n) is 2.43. The average Bonchev–Trinajstić information content (AvgIpc) is 2.48. The average molecular weight is 294 g/mol. The van der Waals surface area contributed by atoms with Crippen molar-refractivity contribution in [2.45, 2.75) is 65.2 Å². The zero-order chi connectivity index (χ0) is 15.5. The fourth-order valence-corrected chi connectivity index (χ4v) is 2.43. The second kappa shape index (κ2) is 10.6. The van der Waals surface area contributed by atoms with Crippen LogP contribution in [0.2, 0.25) is 0 Å². The summed E-state index contributed by atoms with van der Waals surface area (Å²) in [6.07, 6.45) is 10.7. The smallest absolute Gasteiger partial charge is 0.318 e. The van der Waals surface area contributed by atoms with E-state index in [9.17, 15) is 4.79 Å². The lowest BCUT2D eigenvalue weighted by Gasteiger charge is -2.22. The van der Waals surface area contributed by atoms with Gasteiger partial charge in [-0.1, -0.05) is 50.3 Å². The Morgan fingerprint density at radius 2 is 2.00 bits per heavy atom. The molecule has 0 aromatic heterocycles. The van der Waals surface area contributed by atoms with Crippen molar-refractivity contribution in [2.24, 2.45) is 5.16 Å². The lowest BCUT2D eigenvalue weighted by atomic mass is 10.1. The number of rotatable bonds is 9. The first-order valence-electron chi connectivity index (χ1n) is 8.26. The summed E-state index contributed by atoms with van der Waals surface area (Å²) >= 11 is 0. The molecule has 0 fully saturated rings. The van der Waals surface area contributed by atoms with E-state index in [2.05, 4.69) is 30.1 Å². The molecule has 0 aliphatic carbocycles. The first-order valence-corrected chi connectivity index (χ1v) is 8.26. The van der Waals surface area contributed by atoms with Crippen LogP contribution in [0.5, 0.6) is 0 Å². The summed E-state index contributed by atoms with van der Waals surface area (Å²) in [5.74, 6) is -0.213. The molecule has 0 unspecified atom stereocenters. The molecule has 0 atom stereocenters. The largest absolute Gasteiger partial charge is 0.335 e. The molecule has 0 aromatic rings. The van der Waals surface area contributed by atoms with Crippen LogP contribution in [0.15, 0.2) is 16.8 Å². The van der Waals surface area contributed by atoms with E-state index in [1.807, 2.05) is 6.92 Å². The Morgan fingerprint density at radius 1 is 1.29 bits per heavy atom. The van der Waals surface area contributed by atoms with Gasteiger partial charge in [-0.25, -0.2) is 4.79 Å². The van der Waals surface area contributed by atoms with Crippen molar-refractivity contribution in [1.82, 2.24) is 4.90 Å². The molecular formula is C17H30N2O2. The van der Waals surface area contributed by atoms with Gasteiger partial charge >= 0.3 is 5.97 Å². The van der Waals surface area contributed by atoms with Gasteiger partial charge < -0.3 is 9.74 Å². The highest BCUT2D eigenvalue weighted by Crippen LogP contribution is 2.11. The second-order valence-electron chi connectivity index (χ2n) is 5.91. The molecule has 0 N–H and O–H groups in total. The SMILES string of the molecule is CCCCCCCCC(=O)O/N=C(\C)C1=CCCN(C)C1. The van der Waals surface area contributed by atoms with Crippen LogP contribution in [0.25, 0.3) is 0 Å². The van der Waals surface area contributed by atoms with E-state index in [-0.39, 0.29) is 5.97 Å². The highest BCUT2D eigenvalue weighted by molar-refractivity contribution is 5.98. The Morgan fingerprint density at radius 3 is 2.71 bits per heavy atom. The fraction of sp³-hybridized carbons (Fsp3) is 0.765. The number of unbranched alkanes of at least 4 members (excludes halogenated alkanes) is 5. The topological polar surface area (TPSA) is 41.9 Å². The maximum atomic E-state index is 11.6. The Hall–Kier alpha value is -1.16. The molecule has 1 aliphatic rings. The molecule has 0 spiro atoms. The minimum absolute atomic E-state index is 0.213. The summed E-state index contributed by atoms with van der Waals surface area (Å²) in [5.41, 5.74) is 1.98. The number of hydrogen-bond donors (Lipinski definition) is 0. The van der Waals surface area contributed by atoms with E-state index in [0.717, 1.165) is 43.6 Å². The van der Waals surface area contributed by atoms with Crippen LogP contribution < -0.4 is 0 Å². The quantitative estimate of drug-likeness (QED) is 0.280. The molecule has 4 heteroatoms. The molecule has 120 valence electrons. The van der Waals surface area contributed by atoms with Crippen LogP contribution in [0, 0.1) is 0 Å². The molecule has 0 amide bonds. The van der Waals surface area contributed by atoms with Gasteiger partial charge in [0.1, 0.15) is 0 Å². The molecule has 1 heterocycles. The number of oxime groups is 1. The van der Waals surface area contributed by atoms with Crippen LogP contribution in [0.4, 0.5) is 0 Å². The van der Waals surface area contributed by atoms with Gasteiger partial charge in [0.05, 0.1) is 5.71 Å². The maximum absolute atomic E-state index is 11.6. The first-order chi connectivity index (χ1) is 10.1. The molecule has 21 heavy (non-hydrogen) atoms. The summed E-state index contributed by atoms with van der Waals surface area (Å²) in [6.45, 7) is 6.07. The number of carbonyl (C=O) groups excluding carboxylic acids is 1. The molecule has 4 nitrogen and oxygen atoms in total. The normalized spacial score (nSPS) is 16.7. The standard InChI is InChI=1S/C17H30N2O2/c1-4-5-6-7-8-9-12-17(20)21-18-15(2)16-11-10-13-19(3)14-16/h11H,4-10,12-14H2,1-3H3/b18-15+. The van der Waals surface area contributed by atoms with Crippen molar-refractivity contribution in [3.63, 3.8) is 0 Å². The van der Waals surface area contributed by atoms with E-state index in [0.29, 0.717) is 6.42 Å². The van der Waals surface area contributed by atoms with Gasteiger partial charge in [0.2, 0.25) is 0 Å². The van der Waals surface area contributed by atoms with E-state index in [4.69, 9.17) is 4.84 Å². The third-order valence-corrected chi connectivity index (χ3v) is 3.83. The van der Waals surface area contributed by atoms with Gasteiger partial charge in [0.25, 0.3) is 0 Å². The van der Waals surface area contributed by atoms with Crippen molar-refractivity contribution < 1.29 is 9.63 Å². The van der Waals surface area contributed by atoms with Crippen LogP contribution >= 0.6 is 0 Å². The predicted octanol–water partition coefficient (Wildman–Crippen LogP) is 3.92. The monoisotopic (exact) mass is 294 g/mol. The summed E-state index contributed by atoms with van der Waals surface area (Å²) < 4.78 is 0. The zero-order valence-electron chi connectivity index (χ0n) is 13.9. The third kappa shape index (κ3) is 8.00. The summed E-state index contributed by atoms with van der Waals surface area (Å²) in [4.78, 5) is 18.9. The Kier molecular flexibility index (Phi) is 8.99. The Labute approximate surface area is 129 Å². The third-order valence-electron chi connectivity index (χ3n) is 3.83. The van der Waals surface area contributed by atoms with Gasteiger partial charge in [-0.3, -0.25) is 0 Å². The highest BCUT2D eigenvalue weighted by atomic mass is 16.7. The number of likely N-dealkylation sites (N-methyl/N-ethyl adjacent to an activating group) is 1. The minimum atomic E-state index is -0.213. The number of hydrogen-bond acceptors (Lipinski definition) is 4. The maximum Gasteiger partial charge on any atom is 0.335 e. The molecule has 1 aliphatic heterocycles. The zero-order valence-corrected chi connectivity index (χ0v) is 13.9. The van der Waals surface area contributed by atoms with E-state index in [1.54, 1.807) is 0 Å². The molecular weight excluding hydrogens is 264 g/mol. The van der Waals surface area contributed by atoms with E-state index in [1.165, 1.54) is 25.7 Å². The molecule has 1 rings (SSSR count). The molecule has 0 aromatic carbocycles. The van der Waals surface area contributed by atoms with Gasteiger partial charge in [-0.05, 0) is 32.4 Å². The van der Waals surface area contributed by atoms with Crippen molar-refractivity contribution in [3.05, 3.63) is 11.6 Å². The van der Waals surface area contributed by atoms with Crippen LogP contribution in [0.3, 0.4) is 0 Å². The number of nitrogens with zero attached hydrogens (tertiary/aromatic N) is 2. The van der Waals surface area contributed by atoms with Crippen molar-refractivity contribution in [3.8, 4) is 0 Å². The summed E-state index contributed by atoms with van der Waals surface area (Å²) in [7, 11) is 2.09. The minimum Gasteiger partial charge on any atom is -0.318 e. The van der Waals surface area contributed by atoms with Crippen molar-refractivity contribution in [2.75, 3.05) is 20.1 Å². The molecule has 0 saturated heterocycles. The molecule has 0 saturated carbocycles. The number of carbonyl (C=O) groups is 1. The van der Waals surface area contributed by atoms with Crippen LogP contribution in [-0.2, 0) is 9.63 Å². The first kappa shape index (κ1) is 17.9. The van der Waals surface area contributed by atoms with E-state index >= 15 is 0 Å². The van der Waals surface area contributed by atoms with Gasteiger partial charge in [-0.2, -0.15) is 0 Å². The Bertz CT molecular complexity index is 375. The summed E-state index contributed by atoms with van der Waals surface area (Å²) in [6, 6.07) is 0. The molecule has 0 radical (unpaired) electrons. The van der Waals surface area contributed by atoms with Crippen LogP contribution in [-0.4, -0.2) is 36.7 Å².